The molecule has 0 atom stereocenters. The molecule has 0 radical (unpaired) electrons. The number of carbonyl (C=O) groups is 2. The largest absolute Gasteiger partial charge is 0.471 e. The minimum Gasteiger partial charge on any atom is -0.356 e. The molecule has 0 saturated carbocycles. The molecule has 0 spiro atoms. The van der Waals surface area contributed by atoms with Crippen LogP contribution in [0.15, 0.2) is 16.7 Å². The maximum atomic E-state index is 12.9. The van der Waals surface area contributed by atoms with Gasteiger partial charge < -0.3 is 14.3 Å². The van der Waals surface area contributed by atoms with Crippen molar-refractivity contribution in [3.63, 3.8) is 0 Å². The van der Waals surface area contributed by atoms with E-state index in [1.54, 1.807) is 6.92 Å². The predicted molar refractivity (Wildman–Crippen MR) is 112 cm³/mol. The first-order valence-corrected chi connectivity index (χ1v) is 11.2. The molecule has 2 aliphatic heterocycles. The fourth-order valence-corrected chi connectivity index (χ4v) is 4.87. The van der Waals surface area contributed by atoms with E-state index in [0.717, 1.165) is 72.3 Å². The molecule has 2 aliphatic rings. The average molecular weight is 451 g/mol. The number of amides is 2. The van der Waals surface area contributed by atoms with Crippen LogP contribution in [-0.2, 0) is 29.0 Å². The molecule has 0 N–H and O–H groups in total. The Hall–Kier alpha value is -2.58. The van der Waals surface area contributed by atoms with Crippen LogP contribution in [-0.4, -0.2) is 52.6 Å². The van der Waals surface area contributed by atoms with Gasteiger partial charge in [-0.1, -0.05) is 5.16 Å². The third-order valence-electron chi connectivity index (χ3n) is 6.72. The quantitative estimate of drug-likeness (QED) is 0.697. The molecule has 0 bridgehead atoms. The van der Waals surface area contributed by atoms with Gasteiger partial charge in [0.15, 0.2) is 5.58 Å². The molecule has 1 aromatic heterocycles. The van der Waals surface area contributed by atoms with Crippen LogP contribution in [0.25, 0.3) is 11.0 Å². The zero-order chi connectivity index (χ0) is 22.9. The average Bonchev–Trinajstić information content (AvgIpc) is 3.01. The normalized spacial score (nSPS) is 18.0. The Morgan fingerprint density at radius 2 is 1.88 bits per heavy atom. The van der Waals surface area contributed by atoms with Gasteiger partial charge in [0.25, 0.3) is 0 Å². The molecule has 1 aromatic carbocycles. The molecule has 1 saturated heterocycles. The van der Waals surface area contributed by atoms with Gasteiger partial charge in [0.1, 0.15) is 0 Å². The second kappa shape index (κ2) is 9.11. The lowest BCUT2D eigenvalue weighted by Gasteiger charge is -2.31. The topological polar surface area (TPSA) is 66.7 Å². The van der Waals surface area contributed by atoms with Crippen molar-refractivity contribution in [2.45, 2.75) is 64.6 Å². The van der Waals surface area contributed by atoms with E-state index in [-0.39, 0.29) is 19.0 Å². The van der Waals surface area contributed by atoms with E-state index in [1.165, 1.54) is 0 Å². The summed E-state index contributed by atoms with van der Waals surface area (Å²) in [5, 5.41) is 5.03. The van der Waals surface area contributed by atoms with Crippen LogP contribution in [0.1, 0.15) is 55.8 Å². The number of piperidine rings is 1. The molecule has 174 valence electrons. The number of alkyl halides is 3. The Morgan fingerprint density at radius 3 is 2.56 bits per heavy atom. The SMILES string of the molecule is CC(=O)N1CCC(CCCc2noc3cc4c(cc23)CN(C(=O)C(F)(F)F)CCC4)CC1. The lowest BCUT2D eigenvalue weighted by molar-refractivity contribution is -0.186. The molecule has 0 aliphatic carbocycles. The van der Waals surface area contributed by atoms with Gasteiger partial charge in [0.2, 0.25) is 5.91 Å². The third-order valence-corrected chi connectivity index (χ3v) is 6.72. The van der Waals surface area contributed by atoms with E-state index in [9.17, 15) is 22.8 Å². The Balaban J connectivity index is 1.42. The Morgan fingerprint density at radius 1 is 1.12 bits per heavy atom. The number of benzene rings is 1. The van der Waals surface area contributed by atoms with Gasteiger partial charge in [-0.15, -0.1) is 0 Å². The van der Waals surface area contributed by atoms with Gasteiger partial charge in [0.05, 0.1) is 5.69 Å². The third kappa shape index (κ3) is 4.91. The van der Waals surface area contributed by atoms with Crippen LogP contribution in [0.2, 0.25) is 0 Å². The molecule has 32 heavy (non-hydrogen) atoms. The van der Waals surface area contributed by atoms with Crippen LogP contribution in [0.4, 0.5) is 13.2 Å². The smallest absolute Gasteiger partial charge is 0.356 e. The maximum Gasteiger partial charge on any atom is 0.471 e. The van der Waals surface area contributed by atoms with Crippen molar-refractivity contribution < 1.29 is 27.3 Å². The monoisotopic (exact) mass is 451 g/mol. The molecular weight excluding hydrogens is 423 g/mol. The number of nitrogens with zero attached hydrogens (tertiary/aromatic N) is 3. The number of fused-ring (bicyclic) bond motifs is 2. The summed E-state index contributed by atoms with van der Waals surface area (Å²) in [6.07, 6.45) is 0.930. The number of aryl methyl sites for hydroxylation is 2. The van der Waals surface area contributed by atoms with Crippen LogP contribution >= 0.6 is 0 Å². The number of carbonyl (C=O) groups excluding carboxylic acids is 2. The maximum absolute atomic E-state index is 12.9. The zero-order valence-corrected chi connectivity index (χ0v) is 18.2. The highest BCUT2D eigenvalue weighted by Crippen LogP contribution is 2.30. The van der Waals surface area contributed by atoms with E-state index in [1.807, 2.05) is 17.0 Å². The number of hydrogen-bond donors (Lipinski definition) is 0. The number of rotatable bonds is 4. The van der Waals surface area contributed by atoms with Gasteiger partial charge in [-0.2, -0.15) is 13.2 Å². The van der Waals surface area contributed by atoms with Crippen molar-refractivity contribution in [1.82, 2.24) is 15.0 Å². The van der Waals surface area contributed by atoms with Gasteiger partial charge >= 0.3 is 12.1 Å². The van der Waals surface area contributed by atoms with Crippen LogP contribution in [0.3, 0.4) is 0 Å². The number of hydrogen-bond acceptors (Lipinski definition) is 4. The van der Waals surface area contributed by atoms with Crippen molar-refractivity contribution >= 4 is 22.8 Å². The van der Waals surface area contributed by atoms with E-state index in [4.69, 9.17) is 4.52 Å². The molecule has 1 fully saturated rings. The second-order valence-corrected chi connectivity index (χ2v) is 8.92. The molecular formula is C23H28F3N3O3. The highest BCUT2D eigenvalue weighted by molar-refractivity contribution is 5.83. The summed E-state index contributed by atoms with van der Waals surface area (Å²) >= 11 is 0. The molecule has 6 nitrogen and oxygen atoms in total. The lowest BCUT2D eigenvalue weighted by atomic mass is 9.91. The highest BCUT2D eigenvalue weighted by Gasteiger charge is 2.42. The van der Waals surface area contributed by atoms with Gasteiger partial charge in [0, 0.05) is 38.5 Å². The van der Waals surface area contributed by atoms with E-state index in [2.05, 4.69) is 5.16 Å². The minimum atomic E-state index is -4.86. The lowest BCUT2D eigenvalue weighted by Crippen LogP contribution is -2.40. The first-order valence-electron chi connectivity index (χ1n) is 11.2. The Labute approximate surface area is 184 Å². The van der Waals surface area contributed by atoms with E-state index < -0.39 is 12.1 Å². The number of halogens is 3. The first-order chi connectivity index (χ1) is 15.2. The molecule has 3 heterocycles. The summed E-state index contributed by atoms with van der Waals surface area (Å²) in [6.45, 7) is 3.26. The summed E-state index contributed by atoms with van der Waals surface area (Å²) in [5.41, 5.74) is 3.09. The molecule has 0 unspecified atom stereocenters. The molecule has 9 heteroatoms. The van der Waals surface area contributed by atoms with Crippen LogP contribution in [0, 0.1) is 5.92 Å². The molecule has 2 amide bonds. The van der Waals surface area contributed by atoms with Crippen molar-refractivity contribution in [1.29, 1.82) is 0 Å². The standard InChI is InChI=1S/C23H28F3N3O3/c1-15(30)28-10-7-16(8-11-28)4-2-6-20-19-12-18-14-29(22(31)23(24,25)26)9-3-5-17(18)13-21(19)32-27-20/h12-13,16H,2-11,14H2,1H3. The second-order valence-electron chi connectivity index (χ2n) is 8.92. The fraction of sp³-hybridized carbons (Fsp3) is 0.609. The van der Waals surface area contributed by atoms with Crippen LogP contribution in [0.5, 0.6) is 0 Å². The summed E-state index contributed by atoms with van der Waals surface area (Å²) in [4.78, 5) is 26.0. The molecule has 2 aromatic rings. The summed E-state index contributed by atoms with van der Waals surface area (Å²) in [5.74, 6) is -1.07. The van der Waals surface area contributed by atoms with Crippen molar-refractivity contribution in [2.75, 3.05) is 19.6 Å². The van der Waals surface area contributed by atoms with Crippen molar-refractivity contribution in [2.24, 2.45) is 5.92 Å². The highest BCUT2D eigenvalue weighted by atomic mass is 19.4. The molecule has 4 rings (SSSR count). The van der Waals surface area contributed by atoms with Gasteiger partial charge in [-0.3, -0.25) is 9.59 Å². The van der Waals surface area contributed by atoms with Gasteiger partial charge in [-0.05, 0) is 74.1 Å². The zero-order valence-electron chi connectivity index (χ0n) is 18.2. The van der Waals surface area contributed by atoms with E-state index >= 15 is 0 Å². The summed E-state index contributed by atoms with van der Waals surface area (Å²) < 4.78 is 44.3. The van der Waals surface area contributed by atoms with Crippen molar-refractivity contribution in [3.05, 3.63) is 29.0 Å². The summed E-state index contributed by atoms with van der Waals surface area (Å²) in [7, 11) is 0. The fourth-order valence-electron chi connectivity index (χ4n) is 4.87. The number of likely N-dealkylation sites (tertiary alicyclic amines) is 1. The van der Waals surface area contributed by atoms with Crippen molar-refractivity contribution in [3.8, 4) is 0 Å². The van der Waals surface area contributed by atoms with E-state index in [0.29, 0.717) is 24.3 Å². The first kappa shape index (κ1) is 22.6. The number of aromatic nitrogens is 1. The minimum absolute atomic E-state index is 0.0526. The Bertz CT molecular complexity index is 994. The van der Waals surface area contributed by atoms with Crippen LogP contribution < -0.4 is 0 Å². The summed E-state index contributed by atoms with van der Waals surface area (Å²) in [6, 6.07) is 3.71. The van der Waals surface area contributed by atoms with Gasteiger partial charge in [-0.25, -0.2) is 0 Å². The predicted octanol–water partition coefficient (Wildman–Crippen LogP) is 4.25. The Kier molecular flexibility index (Phi) is 6.44.